The van der Waals surface area contributed by atoms with Gasteiger partial charge in [-0.1, -0.05) is 12.1 Å². The first-order valence-corrected chi connectivity index (χ1v) is 7.25. The van der Waals surface area contributed by atoms with Crippen LogP contribution >= 0.6 is 27.7 Å². The van der Waals surface area contributed by atoms with Gasteiger partial charge in [0.2, 0.25) is 5.88 Å². The Morgan fingerprint density at radius 2 is 2.05 bits per heavy atom. The maximum Gasteiger partial charge on any atom is 0.243 e. The second-order valence-corrected chi connectivity index (χ2v) is 5.43. The van der Waals surface area contributed by atoms with Crippen LogP contribution in [0.1, 0.15) is 10.5 Å². The minimum atomic E-state index is -0.106. The van der Waals surface area contributed by atoms with Gasteiger partial charge in [0.05, 0.1) is 12.9 Å². The number of thioether (sulfide) groups is 1. The van der Waals surface area contributed by atoms with Crippen LogP contribution in [0.5, 0.6) is 5.88 Å². The van der Waals surface area contributed by atoms with E-state index in [0.29, 0.717) is 0 Å². The van der Waals surface area contributed by atoms with Crippen molar-refractivity contribution in [3.05, 3.63) is 46.8 Å². The number of nitrogens with zero attached hydrogens (tertiary/aromatic N) is 2. The van der Waals surface area contributed by atoms with Gasteiger partial charge in [0, 0.05) is 21.8 Å². The number of halogens is 1. The number of benzene rings is 1. The van der Waals surface area contributed by atoms with Crippen molar-refractivity contribution in [2.75, 3.05) is 12.9 Å². The Kier molecular flexibility index (Phi) is 4.93. The molecule has 0 fully saturated rings. The van der Waals surface area contributed by atoms with E-state index in [1.807, 2.05) is 24.3 Å². The molecular formula is C13H11BrN2O2S. The molecule has 1 aromatic heterocycles. The molecule has 0 aliphatic heterocycles. The van der Waals surface area contributed by atoms with Gasteiger partial charge in [-0.15, -0.1) is 11.8 Å². The fourth-order valence-corrected chi connectivity index (χ4v) is 2.87. The number of ketones is 1. The van der Waals surface area contributed by atoms with Gasteiger partial charge in [0.15, 0.2) is 11.5 Å². The Balaban J connectivity index is 2.08. The summed E-state index contributed by atoms with van der Waals surface area (Å²) < 4.78 is 6.00. The molecule has 0 radical (unpaired) electrons. The molecule has 0 atom stereocenters. The summed E-state index contributed by atoms with van der Waals surface area (Å²) in [6.07, 6.45) is 2.98. The monoisotopic (exact) mass is 338 g/mol. The fourth-order valence-electron chi connectivity index (χ4n) is 1.44. The molecule has 0 unspecified atom stereocenters. The maximum atomic E-state index is 12.1. The average molecular weight is 339 g/mol. The Morgan fingerprint density at radius 1 is 1.32 bits per heavy atom. The largest absolute Gasteiger partial charge is 0.479 e. The van der Waals surface area contributed by atoms with E-state index < -0.39 is 0 Å². The summed E-state index contributed by atoms with van der Waals surface area (Å²) in [5.41, 5.74) is 0.268. The van der Waals surface area contributed by atoms with Crippen molar-refractivity contribution in [1.82, 2.24) is 9.97 Å². The molecule has 6 heteroatoms. The zero-order valence-corrected chi connectivity index (χ0v) is 12.6. The molecule has 2 rings (SSSR count). The van der Waals surface area contributed by atoms with E-state index in [9.17, 15) is 4.79 Å². The van der Waals surface area contributed by atoms with E-state index in [4.69, 9.17) is 4.74 Å². The van der Waals surface area contributed by atoms with E-state index in [0.717, 1.165) is 9.37 Å². The molecule has 19 heavy (non-hydrogen) atoms. The first-order chi connectivity index (χ1) is 9.22. The second kappa shape index (κ2) is 6.68. The minimum Gasteiger partial charge on any atom is -0.479 e. The molecule has 4 nitrogen and oxygen atoms in total. The highest BCUT2D eigenvalue weighted by Gasteiger charge is 2.15. The normalized spacial score (nSPS) is 10.2. The lowest BCUT2D eigenvalue weighted by Gasteiger charge is -2.05. The van der Waals surface area contributed by atoms with E-state index in [1.54, 1.807) is 0 Å². The predicted octanol–water partition coefficient (Wildman–Crippen LogP) is 3.22. The SMILES string of the molecule is COc1nccnc1C(=O)CSc1ccccc1Br. The number of carbonyl (C=O) groups excluding carboxylic acids is 1. The number of carbonyl (C=O) groups is 1. The van der Waals surface area contributed by atoms with Gasteiger partial charge < -0.3 is 4.74 Å². The summed E-state index contributed by atoms with van der Waals surface area (Å²) in [7, 11) is 1.47. The van der Waals surface area contributed by atoms with E-state index in [1.165, 1.54) is 31.3 Å². The first-order valence-electron chi connectivity index (χ1n) is 5.48. The molecule has 0 saturated heterocycles. The van der Waals surface area contributed by atoms with Gasteiger partial charge in [0.25, 0.3) is 0 Å². The predicted molar refractivity (Wildman–Crippen MR) is 77.8 cm³/mol. The Labute approximate surface area is 123 Å². The van der Waals surface area contributed by atoms with Crippen molar-refractivity contribution in [2.24, 2.45) is 0 Å². The molecule has 2 aromatic rings. The van der Waals surface area contributed by atoms with E-state index in [-0.39, 0.29) is 23.1 Å². The lowest BCUT2D eigenvalue weighted by atomic mass is 10.3. The van der Waals surface area contributed by atoms with Crippen LogP contribution in [-0.2, 0) is 0 Å². The van der Waals surface area contributed by atoms with Gasteiger partial charge >= 0.3 is 0 Å². The number of rotatable bonds is 5. The molecule has 98 valence electrons. The Morgan fingerprint density at radius 3 is 2.79 bits per heavy atom. The zero-order valence-electron chi connectivity index (χ0n) is 10.2. The van der Waals surface area contributed by atoms with Crippen LogP contribution in [0, 0.1) is 0 Å². The lowest BCUT2D eigenvalue weighted by molar-refractivity contribution is 0.101. The van der Waals surface area contributed by atoms with Crippen LogP contribution in [0.3, 0.4) is 0 Å². The summed E-state index contributed by atoms with van der Waals surface area (Å²) in [6.45, 7) is 0. The third-order valence-electron chi connectivity index (χ3n) is 2.32. The van der Waals surface area contributed by atoms with Crippen molar-refractivity contribution in [1.29, 1.82) is 0 Å². The number of ether oxygens (including phenoxy) is 1. The summed E-state index contributed by atoms with van der Waals surface area (Å²) >= 11 is 4.90. The van der Waals surface area contributed by atoms with Crippen LogP contribution in [-0.4, -0.2) is 28.6 Å². The van der Waals surface area contributed by atoms with Crippen LogP contribution < -0.4 is 4.74 Å². The first kappa shape index (κ1) is 14.0. The highest BCUT2D eigenvalue weighted by Crippen LogP contribution is 2.27. The summed E-state index contributed by atoms with van der Waals surface area (Å²) in [5.74, 6) is 0.448. The lowest BCUT2D eigenvalue weighted by Crippen LogP contribution is -2.08. The van der Waals surface area contributed by atoms with E-state index >= 15 is 0 Å². The fraction of sp³-hybridized carbons (Fsp3) is 0.154. The molecular weight excluding hydrogens is 328 g/mol. The van der Waals surface area contributed by atoms with E-state index in [2.05, 4.69) is 25.9 Å². The Hall–Kier alpha value is -1.40. The number of methoxy groups -OCH3 is 1. The highest BCUT2D eigenvalue weighted by atomic mass is 79.9. The number of hydrogen-bond donors (Lipinski definition) is 0. The van der Waals surface area contributed by atoms with Crippen LogP contribution in [0.25, 0.3) is 0 Å². The minimum absolute atomic E-state index is 0.106. The van der Waals surface area contributed by atoms with Gasteiger partial charge in [-0.2, -0.15) is 0 Å². The van der Waals surface area contributed by atoms with Crippen LogP contribution in [0.15, 0.2) is 46.0 Å². The third-order valence-corrected chi connectivity index (χ3v) is 4.35. The number of aromatic nitrogens is 2. The quantitative estimate of drug-likeness (QED) is 0.618. The molecule has 0 amide bonds. The molecule has 0 saturated carbocycles. The molecule has 0 bridgehead atoms. The summed E-state index contributed by atoms with van der Waals surface area (Å²) in [6, 6.07) is 7.76. The van der Waals surface area contributed by atoms with Crippen molar-refractivity contribution in [3.63, 3.8) is 0 Å². The van der Waals surface area contributed by atoms with Gasteiger partial charge in [0.1, 0.15) is 0 Å². The molecule has 0 N–H and O–H groups in total. The molecule has 0 aliphatic carbocycles. The topological polar surface area (TPSA) is 52.1 Å². The maximum absolute atomic E-state index is 12.1. The zero-order chi connectivity index (χ0) is 13.7. The van der Waals surface area contributed by atoms with Crippen molar-refractivity contribution >= 4 is 33.5 Å². The molecule has 0 aliphatic rings. The van der Waals surface area contributed by atoms with Crippen LogP contribution in [0.4, 0.5) is 0 Å². The molecule has 1 aromatic carbocycles. The standard InChI is InChI=1S/C13H11BrN2O2S/c1-18-13-12(15-6-7-16-13)10(17)8-19-11-5-3-2-4-9(11)14/h2-7H,8H2,1H3. The third kappa shape index (κ3) is 3.54. The number of Topliss-reactive ketones (excluding diaryl/α,β-unsaturated/α-hetero) is 1. The average Bonchev–Trinajstić information content (AvgIpc) is 2.46. The summed E-state index contributed by atoms with van der Waals surface area (Å²) in [4.78, 5) is 21.1. The second-order valence-electron chi connectivity index (χ2n) is 3.56. The molecule has 1 heterocycles. The molecule has 0 spiro atoms. The van der Waals surface area contributed by atoms with Gasteiger partial charge in [-0.3, -0.25) is 4.79 Å². The van der Waals surface area contributed by atoms with Crippen molar-refractivity contribution < 1.29 is 9.53 Å². The Bertz CT molecular complexity index is 592. The van der Waals surface area contributed by atoms with Crippen LogP contribution in [0.2, 0.25) is 0 Å². The van der Waals surface area contributed by atoms with Crippen molar-refractivity contribution in [2.45, 2.75) is 4.90 Å². The summed E-state index contributed by atoms with van der Waals surface area (Å²) in [5, 5.41) is 0. The number of hydrogen-bond acceptors (Lipinski definition) is 5. The highest BCUT2D eigenvalue weighted by molar-refractivity contribution is 9.10. The van der Waals surface area contributed by atoms with Crippen molar-refractivity contribution in [3.8, 4) is 5.88 Å². The smallest absolute Gasteiger partial charge is 0.243 e. The van der Waals surface area contributed by atoms with Gasteiger partial charge in [-0.05, 0) is 28.1 Å². The van der Waals surface area contributed by atoms with Gasteiger partial charge in [-0.25, -0.2) is 9.97 Å².